The fraction of sp³-hybridized carbons (Fsp3) is 0.292. The number of aliphatic carboxylic acids is 2. The van der Waals surface area contributed by atoms with Crippen molar-refractivity contribution < 1.29 is 49.1 Å². The summed E-state index contributed by atoms with van der Waals surface area (Å²) in [4.78, 5) is 60.5. The Kier molecular flexibility index (Phi) is 8.50. The van der Waals surface area contributed by atoms with E-state index in [-0.39, 0.29) is 36.3 Å². The molecule has 1 unspecified atom stereocenters. The van der Waals surface area contributed by atoms with Crippen LogP contribution in [0.4, 0.5) is 0 Å². The Bertz CT molecular complexity index is 1200. The highest BCUT2D eigenvalue weighted by atomic mass is 16.5. The first kappa shape index (κ1) is 27.9. The summed E-state index contributed by atoms with van der Waals surface area (Å²) in [5.74, 6) is -4.27. The number of phenols is 1. The minimum absolute atomic E-state index is 0.0236. The van der Waals surface area contributed by atoms with E-state index in [0.717, 1.165) is 4.90 Å². The second kappa shape index (κ2) is 11.6. The predicted molar refractivity (Wildman–Crippen MR) is 127 cm³/mol. The number of nitrogens with zero attached hydrogens (tertiary/aromatic N) is 1. The van der Waals surface area contributed by atoms with Gasteiger partial charge in [0.25, 0.3) is 11.8 Å². The van der Waals surface area contributed by atoms with Crippen molar-refractivity contribution in [3.63, 3.8) is 0 Å². The highest BCUT2D eigenvalue weighted by Gasteiger charge is 2.57. The molecule has 1 aliphatic rings. The molecule has 0 bridgehead atoms. The van der Waals surface area contributed by atoms with Crippen LogP contribution in [0.25, 0.3) is 0 Å². The van der Waals surface area contributed by atoms with Gasteiger partial charge in [0.05, 0.1) is 13.2 Å². The molecule has 0 aromatic heterocycles. The molecule has 14 heteroatoms. The number of carbonyl (C=O) groups excluding carboxylic acids is 3. The zero-order chi connectivity index (χ0) is 28.0. The molecule has 0 radical (unpaired) electrons. The van der Waals surface area contributed by atoms with Gasteiger partial charge in [-0.25, -0.2) is 4.79 Å². The summed E-state index contributed by atoms with van der Waals surface area (Å²) in [7, 11) is 0. The molecule has 8 N–H and O–H groups in total. The predicted octanol–water partition coefficient (Wildman–Crippen LogP) is -1.17. The second-order valence-corrected chi connectivity index (χ2v) is 8.48. The van der Waals surface area contributed by atoms with Gasteiger partial charge in [-0.15, -0.1) is 0 Å². The van der Waals surface area contributed by atoms with Crippen LogP contribution in [0, 0.1) is 0 Å². The van der Waals surface area contributed by atoms with Crippen molar-refractivity contribution in [2.24, 2.45) is 5.73 Å². The lowest BCUT2D eigenvalue weighted by molar-refractivity contribution is -0.171. The number of β-lactam (4-membered cyclic amide) rings is 1. The van der Waals surface area contributed by atoms with E-state index < -0.39 is 54.1 Å². The fourth-order valence-electron chi connectivity index (χ4n) is 3.81. The quantitative estimate of drug-likeness (QED) is 0.0927. The first-order valence-corrected chi connectivity index (χ1v) is 11.2. The Morgan fingerprint density at radius 2 is 1.66 bits per heavy atom. The number of carboxylic acids is 2. The molecular formula is C24H26N4O10. The molecule has 3 rings (SSSR count). The van der Waals surface area contributed by atoms with Gasteiger partial charge in [0.1, 0.15) is 17.5 Å². The van der Waals surface area contributed by atoms with Crippen molar-refractivity contribution in [1.82, 2.24) is 15.5 Å². The summed E-state index contributed by atoms with van der Waals surface area (Å²) in [6.07, 6.45) is -1.53. The molecule has 0 saturated carbocycles. The van der Waals surface area contributed by atoms with Crippen LogP contribution in [-0.4, -0.2) is 80.3 Å². The van der Waals surface area contributed by atoms with Crippen LogP contribution < -0.4 is 21.1 Å². The van der Waals surface area contributed by atoms with Gasteiger partial charge in [-0.3, -0.25) is 19.2 Å². The van der Waals surface area contributed by atoms with Crippen molar-refractivity contribution in [1.29, 1.82) is 0 Å². The Labute approximate surface area is 215 Å². The van der Waals surface area contributed by atoms with E-state index in [0.29, 0.717) is 5.75 Å². The van der Waals surface area contributed by atoms with E-state index in [1.54, 1.807) is 0 Å². The first-order chi connectivity index (χ1) is 18.0. The van der Waals surface area contributed by atoms with Crippen LogP contribution in [0.2, 0.25) is 0 Å². The minimum atomic E-state index is -1.98. The van der Waals surface area contributed by atoms with E-state index in [9.17, 15) is 39.3 Å². The van der Waals surface area contributed by atoms with Gasteiger partial charge in [0.15, 0.2) is 12.1 Å². The van der Waals surface area contributed by atoms with Gasteiger partial charge in [-0.2, -0.15) is 0 Å². The normalized spacial score (nSPS) is 18.9. The maximum atomic E-state index is 13.0. The number of aliphatic hydroxyl groups is 1. The largest absolute Gasteiger partial charge is 0.508 e. The smallest absolute Gasteiger partial charge is 0.331 e. The van der Waals surface area contributed by atoms with Crippen molar-refractivity contribution >= 4 is 30.2 Å². The number of nitrogens with two attached hydrogens (primary N) is 1. The Hall–Kier alpha value is -4.69. The van der Waals surface area contributed by atoms with E-state index in [2.05, 4.69) is 10.6 Å². The second-order valence-electron chi connectivity index (χ2n) is 8.48. The maximum Gasteiger partial charge on any atom is 0.331 e. The molecule has 38 heavy (non-hydrogen) atoms. The van der Waals surface area contributed by atoms with E-state index in [1.807, 2.05) is 0 Å². The topological polar surface area (TPSA) is 229 Å². The molecule has 14 nitrogen and oxygen atoms in total. The van der Waals surface area contributed by atoms with Gasteiger partial charge in [0, 0.05) is 6.42 Å². The summed E-state index contributed by atoms with van der Waals surface area (Å²) in [5.41, 5.74) is 3.73. The van der Waals surface area contributed by atoms with Crippen LogP contribution >= 0.6 is 0 Å². The van der Waals surface area contributed by atoms with Crippen LogP contribution in [-0.2, 0) is 24.0 Å². The number of carboxylic acid groups (broad SMARTS) is 2. The number of aromatic hydroxyl groups is 1. The molecular weight excluding hydrogens is 504 g/mol. The third-order valence-electron chi connectivity index (χ3n) is 5.89. The standard InChI is InChI=1S/C24H26N4O10/c25-17(21(33)34)9-10-38-16-7-3-14(4-8-16)19(31)20(32)27-24(26-12-29)11-28(23(24)37)18(22(35)36)13-1-5-15(30)6-2-13/h1-8,12,17-19,30-31H,9-11,25H2,(H,26,29)(H,27,32)(H,33,34)(H,35,36)/t17-,18-,19?,24+/m1/s1. The zero-order valence-electron chi connectivity index (χ0n) is 19.8. The monoisotopic (exact) mass is 530 g/mol. The molecule has 202 valence electrons. The number of likely N-dealkylation sites (tertiary alicyclic amines) is 1. The van der Waals surface area contributed by atoms with Crippen molar-refractivity contribution in [3.05, 3.63) is 59.7 Å². The number of carbonyl (C=O) groups is 5. The molecule has 1 aliphatic heterocycles. The lowest BCUT2D eigenvalue weighted by Crippen LogP contribution is -2.81. The SMILES string of the molecule is N[C@H](CCOc1ccc(C(O)C(=O)N[C@@]2(NC=O)CN([C@@H](C(=O)O)c3ccc(O)cc3)C2=O)cc1)C(=O)O. The number of hydrogen-bond donors (Lipinski definition) is 7. The lowest BCUT2D eigenvalue weighted by atomic mass is 9.92. The van der Waals surface area contributed by atoms with Crippen LogP contribution in [0.3, 0.4) is 0 Å². The van der Waals surface area contributed by atoms with Crippen molar-refractivity contribution in [2.45, 2.75) is 30.3 Å². The van der Waals surface area contributed by atoms with Gasteiger partial charge < -0.3 is 46.4 Å². The van der Waals surface area contributed by atoms with Crippen LogP contribution in [0.5, 0.6) is 11.5 Å². The highest BCUT2D eigenvalue weighted by Crippen LogP contribution is 2.33. The molecule has 1 heterocycles. The number of aliphatic hydroxyl groups excluding tert-OH is 1. The minimum Gasteiger partial charge on any atom is -0.508 e. The number of phenolic OH excluding ortho intramolecular Hbond substituents is 1. The maximum absolute atomic E-state index is 13.0. The van der Waals surface area contributed by atoms with Gasteiger partial charge in [-0.05, 0) is 35.4 Å². The number of nitrogens with one attached hydrogen (secondary N) is 2. The van der Waals surface area contributed by atoms with E-state index in [1.165, 1.54) is 48.5 Å². The molecule has 4 atom stereocenters. The van der Waals surface area contributed by atoms with Crippen LogP contribution in [0.15, 0.2) is 48.5 Å². The first-order valence-electron chi connectivity index (χ1n) is 11.2. The molecule has 0 aliphatic carbocycles. The molecule has 2 aromatic rings. The van der Waals surface area contributed by atoms with Crippen LogP contribution in [0.1, 0.15) is 29.7 Å². The lowest BCUT2D eigenvalue weighted by Gasteiger charge is -2.50. The number of amides is 3. The van der Waals surface area contributed by atoms with Crippen molar-refractivity contribution in [2.75, 3.05) is 13.2 Å². The molecule has 0 spiro atoms. The van der Waals surface area contributed by atoms with E-state index >= 15 is 0 Å². The average Bonchev–Trinajstić information content (AvgIpc) is 2.88. The van der Waals surface area contributed by atoms with Gasteiger partial charge >= 0.3 is 11.9 Å². The number of ether oxygens (including phenoxy) is 1. The fourth-order valence-corrected chi connectivity index (χ4v) is 3.81. The summed E-state index contributed by atoms with van der Waals surface area (Å²) in [5, 5.41) is 42.9. The number of rotatable bonds is 13. The molecule has 1 fully saturated rings. The highest BCUT2D eigenvalue weighted by molar-refractivity contribution is 6.00. The Morgan fingerprint density at radius 3 is 2.18 bits per heavy atom. The third-order valence-corrected chi connectivity index (χ3v) is 5.89. The Balaban J connectivity index is 1.66. The van der Waals surface area contributed by atoms with Gasteiger partial charge in [-0.1, -0.05) is 24.3 Å². The Morgan fingerprint density at radius 1 is 1.05 bits per heavy atom. The summed E-state index contributed by atoms with van der Waals surface area (Å²) in [6, 6.07) is 8.24. The number of benzene rings is 2. The van der Waals surface area contributed by atoms with E-state index in [4.69, 9.17) is 15.6 Å². The van der Waals surface area contributed by atoms with Crippen molar-refractivity contribution in [3.8, 4) is 11.5 Å². The third kappa shape index (κ3) is 5.99. The van der Waals surface area contributed by atoms with Gasteiger partial charge in [0.2, 0.25) is 12.1 Å². The zero-order valence-corrected chi connectivity index (χ0v) is 19.8. The number of hydrogen-bond acceptors (Lipinski definition) is 9. The summed E-state index contributed by atoms with van der Waals surface area (Å²) in [6.45, 7) is -0.387. The summed E-state index contributed by atoms with van der Waals surface area (Å²) < 4.78 is 5.39. The summed E-state index contributed by atoms with van der Waals surface area (Å²) >= 11 is 0. The average molecular weight is 530 g/mol. The molecule has 1 saturated heterocycles. The molecule has 2 aromatic carbocycles. The molecule has 3 amide bonds.